The molecule has 0 radical (unpaired) electrons. The van der Waals surface area contributed by atoms with Gasteiger partial charge in [-0.1, -0.05) is 31.9 Å². The summed E-state index contributed by atoms with van der Waals surface area (Å²) in [7, 11) is 0. The lowest BCUT2D eigenvalue weighted by Gasteiger charge is -2.36. The monoisotopic (exact) mass is 297 g/mol. The minimum absolute atomic E-state index is 0.103. The Bertz CT molecular complexity index is 647. The smallest absolute Gasteiger partial charge is 0.323 e. The Balaban J connectivity index is 1.81. The zero-order valence-electron chi connectivity index (χ0n) is 12.6. The molecule has 1 N–H and O–H groups in total. The molecule has 3 amide bonds. The molecule has 1 saturated carbocycles. The molecular formula is C17H19N3O2. The summed E-state index contributed by atoms with van der Waals surface area (Å²) in [6, 6.07) is 8.73. The van der Waals surface area contributed by atoms with E-state index < -0.39 is 5.54 Å². The van der Waals surface area contributed by atoms with Crippen molar-refractivity contribution in [2.75, 3.05) is 0 Å². The topological polar surface area (TPSA) is 73.2 Å². The van der Waals surface area contributed by atoms with Gasteiger partial charge in [0.15, 0.2) is 0 Å². The van der Waals surface area contributed by atoms with Gasteiger partial charge < -0.3 is 5.32 Å². The Morgan fingerprint density at radius 3 is 2.68 bits per heavy atom. The van der Waals surface area contributed by atoms with Gasteiger partial charge in [0.25, 0.3) is 5.91 Å². The highest BCUT2D eigenvalue weighted by Crippen LogP contribution is 2.38. The van der Waals surface area contributed by atoms with Crippen molar-refractivity contribution in [3.8, 4) is 6.07 Å². The number of benzene rings is 1. The fraction of sp³-hybridized carbons (Fsp3) is 0.471. The third kappa shape index (κ3) is 2.25. The molecule has 5 heteroatoms. The molecule has 2 atom stereocenters. The maximum atomic E-state index is 12.8. The van der Waals surface area contributed by atoms with Gasteiger partial charge >= 0.3 is 6.03 Å². The zero-order chi connectivity index (χ0) is 15.7. The Labute approximate surface area is 129 Å². The average Bonchev–Trinajstić information content (AvgIpc) is 2.76. The number of imide groups is 1. The van der Waals surface area contributed by atoms with Crippen LogP contribution >= 0.6 is 0 Å². The predicted molar refractivity (Wildman–Crippen MR) is 80.6 cm³/mol. The van der Waals surface area contributed by atoms with Crippen molar-refractivity contribution in [1.82, 2.24) is 10.2 Å². The number of amides is 3. The molecule has 1 heterocycles. The van der Waals surface area contributed by atoms with Crippen molar-refractivity contribution in [2.45, 2.75) is 44.7 Å². The molecule has 1 aliphatic heterocycles. The maximum Gasteiger partial charge on any atom is 0.325 e. The quantitative estimate of drug-likeness (QED) is 0.853. The van der Waals surface area contributed by atoms with Crippen molar-refractivity contribution in [3.63, 3.8) is 0 Å². The number of rotatable bonds is 2. The van der Waals surface area contributed by atoms with Crippen LogP contribution in [0.15, 0.2) is 24.3 Å². The van der Waals surface area contributed by atoms with E-state index in [1.807, 2.05) is 6.92 Å². The van der Waals surface area contributed by atoms with Crippen molar-refractivity contribution >= 4 is 11.9 Å². The minimum Gasteiger partial charge on any atom is -0.323 e. The van der Waals surface area contributed by atoms with E-state index in [0.717, 1.165) is 31.2 Å². The molecule has 1 saturated heterocycles. The highest BCUT2D eigenvalue weighted by Gasteiger charge is 2.54. The lowest BCUT2D eigenvalue weighted by Crippen LogP contribution is -2.53. The molecule has 2 aliphatic rings. The Morgan fingerprint density at radius 2 is 2.05 bits per heavy atom. The van der Waals surface area contributed by atoms with Crippen molar-refractivity contribution in [1.29, 1.82) is 5.26 Å². The van der Waals surface area contributed by atoms with Crippen LogP contribution in [0.1, 0.15) is 43.7 Å². The molecule has 114 valence electrons. The van der Waals surface area contributed by atoms with Gasteiger partial charge in [0.05, 0.1) is 18.2 Å². The number of carbonyl (C=O) groups excluding carboxylic acids is 2. The van der Waals surface area contributed by atoms with Crippen LogP contribution < -0.4 is 5.32 Å². The molecule has 5 nitrogen and oxygen atoms in total. The van der Waals surface area contributed by atoms with Crippen LogP contribution in [0.25, 0.3) is 0 Å². The molecule has 0 bridgehead atoms. The van der Waals surface area contributed by atoms with Gasteiger partial charge in [0, 0.05) is 0 Å². The van der Waals surface area contributed by atoms with E-state index in [9.17, 15) is 9.59 Å². The number of nitriles is 1. The van der Waals surface area contributed by atoms with Crippen molar-refractivity contribution < 1.29 is 9.59 Å². The van der Waals surface area contributed by atoms with Crippen molar-refractivity contribution in [3.05, 3.63) is 35.4 Å². The second-order valence-electron chi connectivity index (χ2n) is 6.25. The second kappa shape index (κ2) is 5.45. The summed E-state index contributed by atoms with van der Waals surface area (Å²) in [5.41, 5.74) is 0.711. The molecule has 1 aromatic rings. The summed E-state index contributed by atoms with van der Waals surface area (Å²) in [6.07, 6.45) is 3.78. The predicted octanol–water partition coefficient (Wildman–Crippen LogP) is 2.56. The number of nitrogens with one attached hydrogen (secondary N) is 1. The number of carbonyl (C=O) groups is 2. The highest BCUT2D eigenvalue weighted by atomic mass is 16.2. The molecule has 1 spiro atoms. The van der Waals surface area contributed by atoms with Crippen LogP contribution in [-0.2, 0) is 11.3 Å². The highest BCUT2D eigenvalue weighted by molar-refractivity contribution is 6.07. The molecule has 0 unspecified atom stereocenters. The number of nitrogens with zero attached hydrogens (tertiary/aromatic N) is 2. The summed E-state index contributed by atoms with van der Waals surface area (Å²) in [5.74, 6) is 0.0673. The fourth-order valence-corrected chi connectivity index (χ4v) is 3.51. The van der Waals surface area contributed by atoms with E-state index in [2.05, 4.69) is 11.4 Å². The summed E-state index contributed by atoms with van der Waals surface area (Å²) in [4.78, 5) is 26.4. The summed E-state index contributed by atoms with van der Waals surface area (Å²) >= 11 is 0. The largest absolute Gasteiger partial charge is 0.325 e. The van der Waals surface area contributed by atoms with Gasteiger partial charge in [-0.2, -0.15) is 5.26 Å². The second-order valence-corrected chi connectivity index (χ2v) is 6.25. The zero-order valence-corrected chi connectivity index (χ0v) is 12.6. The first-order valence-electron chi connectivity index (χ1n) is 7.70. The van der Waals surface area contributed by atoms with E-state index in [1.165, 1.54) is 4.90 Å². The molecule has 2 fully saturated rings. The van der Waals surface area contributed by atoms with Gasteiger partial charge in [-0.15, -0.1) is 0 Å². The Kier molecular flexibility index (Phi) is 3.61. The number of urea groups is 1. The first-order valence-corrected chi connectivity index (χ1v) is 7.70. The first-order chi connectivity index (χ1) is 10.6. The molecule has 1 aromatic carbocycles. The van der Waals surface area contributed by atoms with Gasteiger partial charge in [0.1, 0.15) is 5.54 Å². The molecular weight excluding hydrogens is 278 g/mol. The number of hydrogen-bond acceptors (Lipinski definition) is 3. The van der Waals surface area contributed by atoms with Crippen LogP contribution in [0.2, 0.25) is 0 Å². The van der Waals surface area contributed by atoms with E-state index in [4.69, 9.17) is 5.26 Å². The molecule has 1 aliphatic carbocycles. The van der Waals surface area contributed by atoms with Gasteiger partial charge in [-0.25, -0.2) is 4.79 Å². The minimum atomic E-state index is -0.706. The van der Waals surface area contributed by atoms with Crippen LogP contribution in [0, 0.1) is 17.2 Å². The lowest BCUT2D eigenvalue weighted by atomic mass is 9.73. The standard InChI is InChI=1S/C17H19N3O2/c1-12-4-2-3-9-17(12)15(21)20(16(22)19-17)11-14-7-5-13(10-18)6-8-14/h5-8,12H,2-4,9,11H2,1H3,(H,19,22)/t12-,17+/m1/s1. The molecule has 0 aromatic heterocycles. The number of hydrogen-bond donors (Lipinski definition) is 1. The van der Waals surface area contributed by atoms with Gasteiger partial charge in [0.2, 0.25) is 0 Å². The SMILES string of the molecule is C[C@@H]1CCCC[C@]12NC(=O)N(Cc1ccc(C#N)cc1)C2=O. The van der Waals surface area contributed by atoms with Crippen molar-refractivity contribution in [2.24, 2.45) is 5.92 Å². The molecule has 22 heavy (non-hydrogen) atoms. The average molecular weight is 297 g/mol. The Morgan fingerprint density at radius 1 is 1.32 bits per heavy atom. The fourth-order valence-electron chi connectivity index (χ4n) is 3.51. The van der Waals surface area contributed by atoms with Crippen LogP contribution in [0.5, 0.6) is 0 Å². The van der Waals surface area contributed by atoms with E-state index in [1.54, 1.807) is 24.3 Å². The van der Waals surface area contributed by atoms with Gasteiger partial charge in [-0.3, -0.25) is 9.69 Å². The van der Waals surface area contributed by atoms with Gasteiger partial charge in [-0.05, 0) is 36.5 Å². The molecule has 3 rings (SSSR count). The van der Waals surface area contributed by atoms with E-state index in [-0.39, 0.29) is 24.4 Å². The summed E-state index contributed by atoms with van der Waals surface area (Å²) in [5, 5.41) is 11.8. The van der Waals surface area contributed by atoms with Crippen LogP contribution in [0.3, 0.4) is 0 Å². The summed E-state index contributed by atoms with van der Waals surface area (Å²) in [6.45, 7) is 2.30. The Hall–Kier alpha value is -2.35. The summed E-state index contributed by atoms with van der Waals surface area (Å²) < 4.78 is 0. The van der Waals surface area contributed by atoms with Crippen LogP contribution in [0.4, 0.5) is 4.79 Å². The van der Waals surface area contributed by atoms with E-state index in [0.29, 0.717) is 5.56 Å². The van der Waals surface area contributed by atoms with Crippen LogP contribution in [-0.4, -0.2) is 22.4 Å². The third-order valence-electron chi connectivity index (χ3n) is 4.93. The first kappa shape index (κ1) is 14.6. The third-order valence-corrected chi connectivity index (χ3v) is 4.93. The van der Waals surface area contributed by atoms with E-state index >= 15 is 0 Å². The lowest BCUT2D eigenvalue weighted by molar-refractivity contribution is -0.134. The maximum absolute atomic E-state index is 12.8. The normalized spacial score (nSPS) is 27.8.